The third-order valence-corrected chi connectivity index (χ3v) is 4.11. The molecule has 1 amide bonds. The fourth-order valence-electron chi connectivity index (χ4n) is 2.94. The quantitative estimate of drug-likeness (QED) is 0.865. The van der Waals surface area contributed by atoms with E-state index in [0.717, 1.165) is 29.9 Å². The van der Waals surface area contributed by atoms with Crippen LogP contribution >= 0.6 is 12.4 Å². The van der Waals surface area contributed by atoms with E-state index >= 15 is 0 Å². The zero-order chi connectivity index (χ0) is 15.1. The van der Waals surface area contributed by atoms with Crippen LogP contribution in [0.2, 0.25) is 0 Å². The predicted molar refractivity (Wildman–Crippen MR) is 87.6 cm³/mol. The number of aromatic nitrogens is 3. The van der Waals surface area contributed by atoms with Crippen molar-refractivity contribution in [3.05, 3.63) is 28.7 Å². The summed E-state index contributed by atoms with van der Waals surface area (Å²) in [4.78, 5) is 19.2. The van der Waals surface area contributed by atoms with Crippen molar-refractivity contribution in [3.8, 4) is 0 Å². The Morgan fingerprint density at radius 1 is 1.27 bits per heavy atom. The molecular weight excluding hydrogens is 302 g/mol. The Morgan fingerprint density at radius 3 is 2.55 bits per heavy atom. The van der Waals surface area contributed by atoms with Crippen molar-refractivity contribution in [1.29, 1.82) is 0 Å². The number of aryl methyl sites for hydroxylation is 3. The highest BCUT2D eigenvalue weighted by Crippen LogP contribution is 2.20. The molecule has 1 aliphatic heterocycles. The van der Waals surface area contributed by atoms with Crippen LogP contribution in [0, 0.1) is 20.8 Å². The molecule has 0 bridgehead atoms. The minimum Gasteiger partial charge on any atom is -0.338 e. The molecular formula is C15H22ClN5O. The summed E-state index contributed by atoms with van der Waals surface area (Å²) in [6, 6.07) is 2.18. The number of carbonyl (C=O) groups excluding carboxylic acids is 1. The SMILES string of the molecule is Cc1cc(C)n2nc(C)c(C(=O)N3CCC(N)CC3)c2n1.Cl. The van der Waals surface area contributed by atoms with Gasteiger partial charge in [0.25, 0.3) is 5.91 Å². The van der Waals surface area contributed by atoms with E-state index < -0.39 is 0 Å². The first-order valence-electron chi connectivity index (χ1n) is 7.36. The minimum atomic E-state index is 0. The minimum absolute atomic E-state index is 0. The molecule has 0 atom stereocenters. The number of nitrogens with two attached hydrogens (primary N) is 1. The van der Waals surface area contributed by atoms with Gasteiger partial charge >= 0.3 is 0 Å². The van der Waals surface area contributed by atoms with Gasteiger partial charge in [-0.05, 0) is 39.7 Å². The van der Waals surface area contributed by atoms with Crippen molar-refractivity contribution in [2.75, 3.05) is 13.1 Å². The van der Waals surface area contributed by atoms with E-state index in [1.165, 1.54) is 0 Å². The molecule has 0 unspecified atom stereocenters. The predicted octanol–water partition coefficient (Wildman–Crippen LogP) is 1.64. The summed E-state index contributed by atoms with van der Waals surface area (Å²) >= 11 is 0. The second kappa shape index (κ2) is 6.22. The van der Waals surface area contributed by atoms with E-state index in [1.807, 2.05) is 31.7 Å². The van der Waals surface area contributed by atoms with Crippen molar-refractivity contribution >= 4 is 24.0 Å². The summed E-state index contributed by atoms with van der Waals surface area (Å²) in [7, 11) is 0. The first-order chi connectivity index (χ1) is 9.97. The summed E-state index contributed by atoms with van der Waals surface area (Å²) in [5.74, 6) is 0.0203. The van der Waals surface area contributed by atoms with Crippen LogP contribution in [0.1, 0.15) is 40.3 Å². The van der Waals surface area contributed by atoms with Gasteiger partial charge in [-0.15, -0.1) is 12.4 Å². The number of piperidine rings is 1. The molecule has 22 heavy (non-hydrogen) atoms. The Kier molecular flexibility index (Phi) is 4.72. The van der Waals surface area contributed by atoms with E-state index in [2.05, 4.69) is 10.1 Å². The zero-order valence-corrected chi connectivity index (χ0v) is 14.0. The van der Waals surface area contributed by atoms with E-state index in [1.54, 1.807) is 4.52 Å². The molecule has 0 radical (unpaired) electrons. The third-order valence-electron chi connectivity index (χ3n) is 4.11. The molecule has 1 saturated heterocycles. The average molecular weight is 324 g/mol. The van der Waals surface area contributed by atoms with Crippen molar-refractivity contribution in [2.45, 2.75) is 39.7 Å². The van der Waals surface area contributed by atoms with Gasteiger partial charge in [0.2, 0.25) is 0 Å². The molecule has 2 N–H and O–H groups in total. The molecule has 0 aliphatic carbocycles. The van der Waals surface area contributed by atoms with E-state index in [4.69, 9.17) is 5.73 Å². The van der Waals surface area contributed by atoms with Crippen molar-refractivity contribution in [3.63, 3.8) is 0 Å². The maximum absolute atomic E-state index is 12.8. The van der Waals surface area contributed by atoms with Gasteiger partial charge in [-0.3, -0.25) is 4.79 Å². The van der Waals surface area contributed by atoms with Gasteiger partial charge in [-0.2, -0.15) is 5.10 Å². The molecule has 2 aromatic heterocycles. The molecule has 6 nitrogen and oxygen atoms in total. The lowest BCUT2D eigenvalue weighted by Crippen LogP contribution is -2.43. The molecule has 1 aliphatic rings. The van der Waals surface area contributed by atoms with E-state index in [9.17, 15) is 4.79 Å². The van der Waals surface area contributed by atoms with Gasteiger partial charge in [0, 0.05) is 30.5 Å². The molecule has 7 heteroatoms. The Hall–Kier alpha value is -1.66. The van der Waals surface area contributed by atoms with Crippen LogP contribution in [0.3, 0.4) is 0 Å². The smallest absolute Gasteiger partial charge is 0.259 e. The van der Waals surface area contributed by atoms with Gasteiger partial charge < -0.3 is 10.6 Å². The number of amides is 1. The molecule has 3 rings (SSSR count). The Bertz CT molecular complexity index is 704. The lowest BCUT2D eigenvalue weighted by atomic mass is 10.0. The van der Waals surface area contributed by atoms with Gasteiger partial charge in [-0.1, -0.05) is 0 Å². The Balaban J connectivity index is 0.00000176. The van der Waals surface area contributed by atoms with Gasteiger partial charge in [0.1, 0.15) is 5.56 Å². The summed E-state index contributed by atoms with van der Waals surface area (Å²) in [5.41, 5.74) is 9.81. The zero-order valence-electron chi connectivity index (χ0n) is 13.2. The largest absolute Gasteiger partial charge is 0.338 e. The number of nitrogens with zero attached hydrogens (tertiary/aromatic N) is 4. The van der Waals surface area contributed by atoms with Crippen LogP contribution in [-0.4, -0.2) is 44.5 Å². The lowest BCUT2D eigenvalue weighted by Gasteiger charge is -2.30. The number of carbonyl (C=O) groups is 1. The number of hydrogen-bond acceptors (Lipinski definition) is 4. The van der Waals surface area contributed by atoms with Gasteiger partial charge in [0.05, 0.1) is 5.69 Å². The number of fused-ring (bicyclic) bond motifs is 1. The fourth-order valence-corrected chi connectivity index (χ4v) is 2.94. The van der Waals surface area contributed by atoms with Crippen LogP contribution in [0.4, 0.5) is 0 Å². The molecule has 120 valence electrons. The van der Waals surface area contributed by atoms with Crippen molar-refractivity contribution in [1.82, 2.24) is 19.5 Å². The fraction of sp³-hybridized carbons (Fsp3) is 0.533. The monoisotopic (exact) mass is 323 g/mol. The van der Waals surface area contributed by atoms with Crippen LogP contribution < -0.4 is 5.73 Å². The van der Waals surface area contributed by atoms with Crippen LogP contribution in [0.15, 0.2) is 6.07 Å². The van der Waals surface area contributed by atoms with Crippen LogP contribution in [0.25, 0.3) is 5.65 Å². The second-order valence-corrected chi connectivity index (χ2v) is 5.86. The number of likely N-dealkylation sites (tertiary alicyclic amines) is 1. The maximum Gasteiger partial charge on any atom is 0.259 e. The topological polar surface area (TPSA) is 76.5 Å². The van der Waals surface area contributed by atoms with Crippen molar-refractivity contribution < 1.29 is 4.79 Å². The standard InChI is InChI=1S/C15H21N5O.ClH/c1-9-8-10(2)20-14(17-9)13(11(3)18-20)15(21)19-6-4-12(16)5-7-19;/h8,12H,4-7,16H2,1-3H3;1H. The summed E-state index contributed by atoms with van der Waals surface area (Å²) in [6.07, 6.45) is 1.71. The molecule has 2 aromatic rings. The molecule has 0 spiro atoms. The third kappa shape index (κ3) is 2.80. The van der Waals surface area contributed by atoms with Crippen LogP contribution in [0.5, 0.6) is 0 Å². The molecule has 1 fully saturated rings. The number of hydrogen-bond donors (Lipinski definition) is 1. The summed E-state index contributed by atoms with van der Waals surface area (Å²) in [5, 5.41) is 4.47. The summed E-state index contributed by atoms with van der Waals surface area (Å²) in [6.45, 7) is 7.20. The average Bonchev–Trinajstić information content (AvgIpc) is 2.75. The van der Waals surface area contributed by atoms with Crippen LogP contribution in [-0.2, 0) is 0 Å². The lowest BCUT2D eigenvalue weighted by molar-refractivity contribution is 0.0716. The maximum atomic E-state index is 12.8. The normalized spacial score (nSPS) is 15.9. The number of halogens is 1. The molecule has 3 heterocycles. The first kappa shape index (κ1) is 16.7. The van der Waals surface area contributed by atoms with E-state index in [0.29, 0.717) is 24.3 Å². The summed E-state index contributed by atoms with van der Waals surface area (Å²) < 4.78 is 1.76. The Labute approximate surface area is 136 Å². The molecule has 0 saturated carbocycles. The highest BCUT2D eigenvalue weighted by atomic mass is 35.5. The second-order valence-electron chi connectivity index (χ2n) is 5.86. The van der Waals surface area contributed by atoms with Gasteiger partial charge in [-0.25, -0.2) is 9.50 Å². The highest BCUT2D eigenvalue weighted by Gasteiger charge is 2.27. The molecule has 0 aromatic carbocycles. The Morgan fingerprint density at radius 2 is 1.91 bits per heavy atom. The first-order valence-corrected chi connectivity index (χ1v) is 7.36. The van der Waals surface area contributed by atoms with E-state index in [-0.39, 0.29) is 24.4 Å². The van der Waals surface area contributed by atoms with Crippen molar-refractivity contribution in [2.24, 2.45) is 5.73 Å². The van der Waals surface area contributed by atoms with Gasteiger partial charge in [0.15, 0.2) is 5.65 Å². The number of rotatable bonds is 1. The highest BCUT2D eigenvalue weighted by molar-refractivity contribution is 6.01.